The maximum atomic E-state index is 12.4. The number of halogens is 2. The highest BCUT2D eigenvalue weighted by atomic mass is 19.3. The average Bonchev–Trinajstić information content (AvgIpc) is 2.50. The van der Waals surface area contributed by atoms with Gasteiger partial charge >= 0.3 is 6.61 Å². The number of aliphatic hydroxyl groups excluding tert-OH is 1. The number of amides is 1. The van der Waals surface area contributed by atoms with E-state index in [2.05, 4.69) is 10.1 Å². The van der Waals surface area contributed by atoms with Crippen LogP contribution < -0.4 is 10.1 Å². The van der Waals surface area contributed by atoms with Crippen LogP contribution in [0, 0.1) is 13.8 Å². The lowest BCUT2D eigenvalue weighted by atomic mass is 10.0. The summed E-state index contributed by atoms with van der Waals surface area (Å²) in [5, 5.41) is 12.5. The molecular weight excluding hydrogens is 316 g/mol. The summed E-state index contributed by atoms with van der Waals surface area (Å²) < 4.78 is 29.3. The zero-order valence-electron chi connectivity index (χ0n) is 13.6. The number of carbonyl (C=O) groups is 1. The number of para-hydroxylation sites is 1. The summed E-state index contributed by atoms with van der Waals surface area (Å²) in [6.07, 6.45) is -0.730. The highest BCUT2D eigenvalue weighted by Crippen LogP contribution is 2.28. The Labute approximate surface area is 139 Å². The van der Waals surface area contributed by atoms with E-state index in [1.165, 1.54) is 12.1 Å². The second-order valence-corrected chi connectivity index (χ2v) is 5.54. The summed E-state index contributed by atoms with van der Waals surface area (Å²) in [4.78, 5) is 12.4. The van der Waals surface area contributed by atoms with Crippen LogP contribution in [0.5, 0.6) is 5.75 Å². The Hall–Kier alpha value is -2.47. The van der Waals surface area contributed by atoms with Crippen LogP contribution in [-0.4, -0.2) is 17.6 Å². The molecule has 128 valence electrons. The minimum atomic E-state index is -2.92. The molecule has 24 heavy (non-hydrogen) atoms. The van der Waals surface area contributed by atoms with Crippen LogP contribution in [0.1, 0.15) is 40.1 Å². The largest absolute Gasteiger partial charge is 0.434 e. The highest BCUT2D eigenvalue weighted by Gasteiger charge is 2.16. The van der Waals surface area contributed by atoms with Crippen LogP contribution in [-0.2, 0) is 0 Å². The molecule has 0 heterocycles. The van der Waals surface area contributed by atoms with Crippen molar-refractivity contribution in [2.45, 2.75) is 33.5 Å². The second kappa shape index (κ2) is 7.40. The van der Waals surface area contributed by atoms with E-state index in [-0.39, 0.29) is 5.75 Å². The van der Waals surface area contributed by atoms with E-state index in [1.807, 2.05) is 0 Å². The van der Waals surface area contributed by atoms with Gasteiger partial charge in [-0.3, -0.25) is 4.79 Å². The number of nitrogens with one attached hydrogen (secondary N) is 1. The van der Waals surface area contributed by atoms with Crippen LogP contribution in [0.3, 0.4) is 0 Å². The molecule has 2 rings (SSSR count). The molecule has 0 aromatic heterocycles. The average molecular weight is 335 g/mol. The van der Waals surface area contributed by atoms with E-state index in [4.69, 9.17) is 0 Å². The molecule has 2 N–H and O–H groups in total. The molecule has 6 heteroatoms. The third kappa shape index (κ3) is 4.08. The zero-order valence-corrected chi connectivity index (χ0v) is 13.6. The van der Waals surface area contributed by atoms with E-state index in [0.29, 0.717) is 27.9 Å². The van der Waals surface area contributed by atoms with E-state index in [0.717, 1.165) is 0 Å². The fourth-order valence-electron chi connectivity index (χ4n) is 2.53. The Morgan fingerprint density at radius 2 is 1.75 bits per heavy atom. The lowest BCUT2D eigenvalue weighted by Gasteiger charge is -2.15. The van der Waals surface area contributed by atoms with Crippen molar-refractivity contribution in [3.63, 3.8) is 0 Å². The van der Waals surface area contributed by atoms with E-state index >= 15 is 0 Å². The van der Waals surface area contributed by atoms with E-state index in [1.54, 1.807) is 45.0 Å². The maximum absolute atomic E-state index is 12.4. The number of alkyl halides is 2. The standard InChI is InChI=1S/C18H19F2NO3/c1-10-8-13(9-11(2)16(10)24-18(19)20)17(23)21-15-7-5-4-6-14(15)12(3)22/h4-9,12,18,22H,1-3H3,(H,21,23). The van der Waals surface area contributed by atoms with Gasteiger partial charge in [0.15, 0.2) is 0 Å². The van der Waals surface area contributed by atoms with Gasteiger partial charge in [0.2, 0.25) is 0 Å². The molecule has 1 atom stereocenters. The summed E-state index contributed by atoms with van der Waals surface area (Å²) in [6, 6.07) is 9.90. The van der Waals surface area contributed by atoms with Crippen molar-refractivity contribution in [1.82, 2.24) is 0 Å². The van der Waals surface area contributed by atoms with E-state index < -0.39 is 18.6 Å². The molecule has 0 aliphatic heterocycles. The third-order valence-electron chi connectivity index (χ3n) is 3.59. The Bertz CT molecular complexity index is 722. The number of aliphatic hydroxyl groups is 1. The molecular formula is C18H19F2NO3. The van der Waals surface area contributed by atoms with Crippen LogP contribution in [0.2, 0.25) is 0 Å². The lowest BCUT2D eigenvalue weighted by Crippen LogP contribution is -2.15. The molecule has 1 amide bonds. The lowest BCUT2D eigenvalue weighted by molar-refractivity contribution is -0.0507. The van der Waals surface area contributed by atoms with Gasteiger partial charge in [-0.1, -0.05) is 18.2 Å². The number of rotatable bonds is 5. The van der Waals surface area contributed by atoms with Gasteiger partial charge in [-0.15, -0.1) is 0 Å². The molecule has 0 saturated carbocycles. The summed E-state index contributed by atoms with van der Waals surface area (Å²) in [5.74, 6) is -0.316. The molecule has 0 aliphatic rings. The number of ether oxygens (including phenoxy) is 1. The number of carbonyl (C=O) groups excluding carboxylic acids is 1. The molecule has 0 bridgehead atoms. The SMILES string of the molecule is Cc1cc(C(=O)Nc2ccccc2C(C)O)cc(C)c1OC(F)F. The molecule has 2 aromatic carbocycles. The van der Waals surface area contributed by atoms with Gasteiger partial charge in [-0.25, -0.2) is 0 Å². The quantitative estimate of drug-likeness (QED) is 0.860. The van der Waals surface area contributed by atoms with Crippen molar-refractivity contribution in [3.05, 3.63) is 58.7 Å². The van der Waals surface area contributed by atoms with E-state index in [9.17, 15) is 18.7 Å². The Morgan fingerprint density at radius 1 is 1.17 bits per heavy atom. The molecule has 0 spiro atoms. The van der Waals surface area contributed by atoms with Crippen LogP contribution in [0.15, 0.2) is 36.4 Å². The molecule has 4 nitrogen and oxygen atoms in total. The van der Waals surface area contributed by atoms with Gasteiger partial charge < -0.3 is 15.2 Å². The van der Waals surface area contributed by atoms with Crippen molar-refractivity contribution >= 4 is 11.6 Å². The second-order valence-electron chi connectivity index (χ2n) is 5.54. The predicted octanol–water partition coefficient (Wildman–Crippen LogP) is 4.21. The van der Waals surface area contributed by atoms with Crippen LogP contribution in [0.4, 0.5) is 14.5 Å². The smallest absolute Gasteiger partial charge is 0.387 e. The number of hydrogen-bond acceptors (Lipinski definition) is 3. The molecule has 0 aliphatic carbocycles. The number of aryl methyl sites for hydroxylation is 2. The zero-order chi connectivity index (χ0) is 17.9. The minimum absolute atomic E-state index is 0.0749. The van der Waals surface area contributed by atoms with Crippen LogP contribution >= 0.6 is 0 Å². The molecule has 0 saturated heterocycles. The maximum Gasteiger partial charge on any atom is 0.387 e. The van der Waals surface area contributed by atoms with Gasteiger partial charge in [-0.2, -0.15) is 8.78 Å². The number of benzene rings is 2. The molecule has 0 radical (unpaired) electrons. The Balaban J connectivity index is 2.28. The first kappa shape index (κ1) is 17.9. The minimum Gasteiger partial charge on any atom is -0.434 e. The molecule has 0 fully saturated rings. The van der Waals surface area contributed by atoms with Crippen molar-refractivity contribution in [2.24, 2.45) is 0 Å². The van der Waals surface area contributed by atoms with Crippen LogP contribution in [0.25, 0.3) is 0 Å². The van der Waals surface area contributed by atoms with Crippen molar-refractivity contribution in [1.29, 1.82) is 0 Å². The molecule has 2 aromatic rings. The number of anilines is 1. The number of hydrogen-bond donors (Lipinski definition) is 2. The molecule has 1 unspecified atom stereocenters. The van der Waals surface area contributed by atoms with Crippen molar-refractivity contribution in [2.75, 3.05) is 5.32 Å². The Kier molecular flexibility index (Phi) is 5.51. The normalized spacial score (nSPS) is 12.1. The fraction of sp³-hybridized carbons (Fsp3) is 0.278. The third-order valence-corrected chi connectivity index (χ3v) is 3.59. The first-order chi connectivity index (χ1) is 11.3. The van der Waals surface area contributed by atoms with Crippen molar-refractivity contribution < 1.29 is 23.4 Å². The van der Waals surface area contributed by atoms with Gasteiger partial charge in [0, 0.05) is 16.8 Å². The first-order valence-corrected chi connectivity index (χ1v) is 7.44. The topological polar surface area (TPSA) is 58.6 Å². The van der Waals surface area contributed by atoms with Crippen molar-refractivity contribution in [3.8, 4) is 5.75 Å². The van der Waals surface area contributed by atoms with Gasteiger partial charge in [0.1, 0.15) is 5.75 Å². The summed E-state index contributed by atoms with van der Waals surface area (Å²) in [6.45, 7) is 1.90. The Morgan fingerprint density at radius 3 is 2.29 bits per heavy atom. The highest BCUT2D eigenvalue weighted by molar-refractivity contribution is 6.05. The summed E-state index contributed by atoms with van der Waals surface area (Å²) in [7, 11) is 0. The first-order valence-electron chi connectivity index (χ1n) is 7.44. The van der Waals surface area contributed by atoms with Gasteiger partial charge in [-0.05, 0) is 50.1 Å². The predicted molar refractivity (Wildman–Crippen MR) is 87.6 cm³/mol. The summed E-state index contributed by atoms with van der Waals surface area (Å²) in [5.41, 5.74) is 2.32. The fourth-order valence-corrected chi connectivity index (χ4v) is 2.53. The van der Waals surface area contributed by atoms with Gasteiger partial charge in [0.25, 0.3) is 5.91 Å². The monoisotopic (exact) mass is 335 g/mol. The summed E-state index contributed by atoms with van der Waals surface area (Å²) >= 11 is 0. The van der Waals surface area contributed by atoms with Gasteiger partial charge in [0.05, 0.1) is 6.10 Å².